The number of carbonyl (C=O) groups excluding carboxylic acids is 2. The van der Waals surface area contributed by atoms with Crippen LogP contribution in [0.5, 0.6) is 5.75 Å². The van der Waals surface area contributed by atoms with E-state index in [2.05, 4.69) is 20.7 Å². The Morgan fingerprint density at radius 1 is 0.881 bits per heavy atom. The molecule has 42 heavy (non-hydrogen) atoms. The van der Waals surface area contributed by atoms with E-state index in [1.54, 1.807) is 0 Å². The van der Waals surface area contributed by atoms with Crippen LogP contribution in [-0.4, -0.2) is 41.4 Å². The van der Waals surface area contributed by atoms with Crippen LogP contribution in [0.4, 0.5) is 36.8 Å². The molecule has 0 aromatic heterocycles. The Morgan fingerprint density at radius 3 is 2.12 bits per heavy atom. The maximum absolute atomic E-state index is 13.0. The van der Waals surface area contributed by atoms with Crippen molar-refractivity contribution in [3.05, 3.63) is 89.5 Å². The van der Waals surface area contributed by atoms with Gasteiger partial charge in [0.15, 0.2) is 0 Å². The van der Waals surface area contributed by atoms with Crippen LogP contribution in [0.25, 0.3) is 0 Å². The molecule has 0 saturated heterocycles. The summed E-state index contributed by atoms with van der Waals surface area (Å²) >= 11 is -0.324. The molecule has 1 unspecified atom stereocenters. The lowest BCUT2D eigenvalue weighted by molar-refractivity contribution is -0.274. The molecule has 3 amide bonds. The molecule has 224 valence electrons. The van der Waals surface area contributed by atoms with Crippen molar-refractivity contribution in [2.75, 3.05) is 11.9 Å². The highest BCUT2D eigenvalue weighted by atomic mass is 32.2. The topological polar surface area (TPSA) is 117 Å². The standard InChI is InChI=1S/C27H23F6N3O5S/c28-26(29,30)41-22-4-2-1-3-18(22)15-21(16-5-7-17(8-6-16)24(39)34-14-13-23(37)38)36-25(40)35-19-9-11-20(12-10-19)42-27(31,32)33/h1-12,21H,13-15H2,(H,34,39)(H,37,38)(H2,35,36,40). The zero-order valence-corrected chi connectivity index (χ0v) is 22.2. The summed E-state index contributed by atoms with van der Waals surface area (Å²) in [4.78, 5) is 35.7. The highest BCUT2D eigenvalue weighted by molar-refractivity contribution is 8.00. The number of ether oxygens (including phenoxy) is 1. The van der Waals surface area contributed by atoms with Gasteiger partial charge in [-0.1, -0.05) is 30.3 Å². The fraction of sp³-hybridized carbons (Fsp3) is 0.222. The Hall–Kier alpha value is -4.40. The number of halogens is 6. The number of hydrogen-bond donors (Lipinski definition) is 4. The quantitative estimate of drug-likeness (QED) is 0.144. The second-order valence-corrected chi connectivity index (χ2v) is 9.74. The number of urea groups is 1. The fourth-order valence-electron chi connectivity index (χ4n) is 3.69. The molecule has 0 aliphatic rings. The van der Waals surface area contributed by atoms with Crippen LogP contribution in [0.1, 0.15) is 33.9 Å². The van der Waals surface area contributed by atoms with Crippen molar-refractivity contribution >= 4 is 35.4 Å². The monoisotopic (exact) mass is 615 g/mol. The number of anilines is 1. The van der Waals surface area contributed by atoms with E-state index in [1.165, 1.54) is 54.6 Å². The van der Waals surface area contributed by atoms with Crippen LogP contribution in [0.3, 0.4) is 0 Å². The number of para-hydroxylation sites is 1. The van der Waals surface area contributed by atoms with Gasteiger partial charge in [-0.05, 0) is 65.4 Å². The average molecular weight is 616 g/mol. The summed E-state index contributed by atoms with van der Waals surface area (Å²) < 4.78 is 80.8. The van der Waals surface area contributed by atoms with Crippen LogP contribution in [0.2, 0.25) is 0 Å². The number of alkyl halides is 6. The van der Waals surface area contributed by atoms with E-state index < -0.39 is 41.6 Å². The third-order valence-corrected chi connectivity index (χ3v) is 6.21. The van der Waals surface area contributed by atoms with Crippen LogP contribution < -0.4 is 20.7 Å². The van der Waals surface area contributed by atoms with Crippen molar-refractivity contribution in [1.29, 1.82) is 0 Å². The summed E-state index contributed by atoms with van der Waals surface area (Å²) in [5.41, 5.74) is -3.66. The first-order chi connectivity index (χ1) is 19.7. The van der Waals surface area contributed by atoms with Gasteiger partial charge in [-0.25, -0.2) is 4.79 Å². The van der Waals surface area contributed by atoms with E-state index in [1.807, 2.05) is 0 Å². The van der Waals surface area contributed by atoms with Gasteiger partial charge in [0, 0.05) is 29.1 Å². The number of hydrogen-bond acceptors (Lipinski definition) is 5. The van der Waals surface area contributed by atoms with Crippen molar-refractivity contribution in [1.82, 2.24) is 10.6 Å². The number of rotatable bonds is 11. The first-order valence-electron chi connectivity index (χ1n) is 12.1. The molecule has 0 radical (unpaired) electrons. The van der Waals surface area contributed by atoms with E-state index in [9.17, 15) is 40.7 Å². The van der Waals surface area contributed by atoms with Crippen LogP contribution in [0, 0.1) is 0 Å². The summed E-state index contributed by atoms with van der Waals surface area (Å²) in [6.07, 6.45) is -5.43. The molecule has 1 atom stereocenters. The van der Waals surface area contributed by atoms with Gasteiger partial charge in [-0.15, -0.1) is 13.2 Å². The summed E-state index contributed by atoms with van der Waals surface area (Å²) in [6.45, 7) is -0.105. The first-order valence-corrected chi connectivity index (χ1v) is 12.9. The number of carboxylic acid groups (broad SMARTS) is 1. The van der Waals surface area contributed by atoms with Crippen LogP contribution in [0.15, 0.2) is 77.7 Å². The lowest BCUT2D eigenvalue weighted by Crippen LogP contribution is -2.34. The van der Waals surface area contributed by atoms with Gasteiger partial charge >= 0.3 is 23.9 Å². The number of amides is 3. The Kier molecular flexibility index (Phi) is 10.7. The summed E-state index contributed by atoms with van der Waals surface area (Å²) in [5.74, 6) is -2.13. The molecule has 0 spiro atoms. The number of carboxylic acids is 1. The molecule has 8 nitrogen and oxygen atoms in total. The third-order valence-electron chi connectivity index (χ3n) is 5.47. The molecule has 0 aliphatic heterocycles. The molecule has 0 bridgehead atoms. The van der Waals surface area contributed by atoms with Gasteiger partial charge in [0.05, 0.1) is 12.5 Å². The zero-order chi connectivity index (χ0) is 30.9. The van der Waals surface area contributed by atoms with Crippen LogP contribution in [-0.2, 0) is 11.2 Å². The number of nitrogens with one attached hydrogen (secondary N) is 3. The van der Waals surface area contributed by atoms with Crippen molar-refractivity contribution in [2.24, 2.45) is 0 Å². The average Bonchev–Trinajstić information content (AvgIpc) is 2.88. The zero-order valence-electron chi connectivity index (χ0n) is 21.4. The van der Waals surface area contributed by atoms with Gasteiger partial charge in [0.1, 0.15) is 5.75 Å². The Morgan fingerprint density at radius 2 is 1.52 bits per heavy atom. The van der Waals surface area contributed by atoms with Crippen molar-refractivity contribution in [3.63, 3.8) is 0 Å². The maximum Gasteiger partial charge on any atom is 0.573 e. The molecule has 0 saturated carbocycles. The fourth-order valence-corrected chi connectivity index (χ4v) is 4.23. The number of thioether (sulfide) groups is 1. The van der Waals surface area contributed by atoms with Gasteiger partial charge in [0.25, 0.3) is 5.91 Å². The first kappa shape index (κ1) is 32.1. The van der Waals surface area contributed by atoms with Crippen molar-refractivity contribution < 1.29 is 50.6 Å². The van der Waals surface area contributed by atoms with Crippen molar-refractivity contribution in [2.45, 2.75) is 35.6 Å². The normalized spacial score (nSPS) is 12.2. The van der Waals surface area contributed by atoms with Crippen LogP contribution >= 0.6 is 11.8 Å². The minimum Gasteiger partial charge on any atom is -0.481 e. The van der Waals surface area contributed by atoms with E-state index >= 15 is 0 Å². The van der Waals surface area contributed by atoms with Gasteiger partial charge in [-0.2, -0.15) is 13.2 Å². The highest BCUT2D eigenvalue weighted by Crippen LogP contribution is 2.37. The number of benzene rings is 3. The molecule has 0 aliphatic carbocycles. The predicted molar refractivity (Wildman–Crippen MR) is 141 cm³/mol. The predicted octanol–water partition coefficient (Wildman–Crippen LogP) is 6.51. The second-order valence-electron chi connectivity index (χ2n) is 8.60. The Balaban J connectivity index is 1.81. The van der Waals surface area contributed by atoms with Gasteiger partial charge in [0.2, 0.25) is 0 Å². The molecule has 3 aromatic rings. The second kappa shape index (κ2) is 14.0. The third kappa shape index (κ3) is 10.9. The smallest absolute Gasteiger partial charge is 0.481 e. The molecular weight excluding hydrogens is 592 g/mol. The maximum atomic E-state index is 13.0. The van der Waals surface area contributed by atoms with E-state index in [0.717, 1.165) is 18.2 Å². The van der Waals surface area contributed by atoms with Gasteiger partial charge < -0.3 is 25.8 Å². The largest absolute Gasteiger partial charge is 0.573 e. The number of aliphatic carboxylic acids is 1. The molecule has 15 heteroatoms. The Bertz CT molecular complexity index is 1380. The summed E-state index contributed by atoms with van der Waals surface area (Å²) in [7, 11) is 0. The number of carbonyl (C=O) groups is 3. The molecule has 0 heterocycles. The lowest BCUT2D eigenvalue weighted by atomic mass is 9.97. The summed E-state index contributed by atoms with van der Waals surface area (Å²) in [5, 5.41) is 16.2. The van der Waals surface area contributed by atoms with Crippen molar-refractivity contribution in [3.8, 4) is 5.75 Å². The molecule has 3 aromatic carbocycles. The molecule has 0 fully saturated rings. The summed E-state index contributed by atoms with van der Waals surface area (Å²) in [6, 6.07) is 14.1. The van der Waals surface area contributed by atoms with E-state index in [-0.39, 0.29) is 52.9 Å². The van der Waals surface area contributed by atoms with E-state index in [0.29, 0.717) is 5.56 Å². The van der Waals surface area contributed by atoms with E-state index in [4.69, 9.17) is 5.11 Å². The molecular formula is C27H23F6N3O5S. The van der Waals surface area contributed by atoms with Gasteiger partial charge in [-0.3, -0.25) is 9.59 Å². The minimum atomic E-state index is -4.97. The Labute approximate surface area is 239 Å². The SMILES string of the molecule is O=C(O)CCNC(=O)c1ccc(C(Cc2ccccc2OC(F)(F)F)NC(=O)Nc2ccc(SC(F)(F)F)cc2)cc1. The highest BCUT2D eigenvalue weighted by Gasteiger charge is 2.32. The molecule has 3 rings (SSSR count). The molecule has 4 N–H and O–H groups in total. The minimum absolute atomic E-state index is 0.0975. The lowest BCUT2D eigenvalue weighted by Gasteiger charge is -2.22.